The first kappa shape index (κ1) is 14.9. The van der Waals surface area contributed by atoms with E-state index in [4.69, 9.17) is 0 Å². The van der Waals surface area contributed by atoms with Crippen LogP contribution in [0.3, 0.4) is 0 Å². The first-order valence-electron chi connectivity index (χ1n) is 6.20. The number of aromatic nitrogens is 1. The summed E-state index contributed by atoms with van der Waals surface area (Å²) in [4.78, 5) is 4.29. The Morgan fingerprint density at radius 3 is 2.50 bits per heavy atom. The molecule has 1 rings (SSSR count). The third-order valence-corrected chi connectivity index (χ3v) is 4.70. The number of nitrogens with zero attached hydrogens (tertiary/aromatic N) is 2. The van der Waals surface area contributed by atoms with Crippen LogP contribution < -0.4 is 5.32 Å². The molecular formula is C12H21N3O2S. The molecule has 0 saturated heterocycles. The molecule has 6 heteroatoms. The Morgan fingerprint density at radius 2 is 2.06 bits per heavy atom. The molecule has 18 heavy (non-hydrogen) atoms. The highest BCUT2D eigenvalue weighted by molar-refractivity contribution is 7.89. The molecule has 0 atom stereocenters. The molecule has 5 nitrogen and oxygen atoms in total. The molecule has 0 fully saturated rings. The van der Waals surface area contributed by atoms with Crippen molar-refractivity contribution in [3.05, 3.63) is 18.3 Å². The Morgan fingerprint density at radius 1 is 1.33 bits per heavy atom. The van der Waals surface area contributed by atoms with Crippen molar-refractivity contribution in [1.29, 1.82) is 0 Å². The van der Waals surface area contributed by atoms with Gasteiger partial charge in [-0.1, -0.05) is 20.3 Å². The van der Waals surface area contributed by atoms with Crippen LogP contribution in [0.5, 0.6) is 0 Å². The van der Waals surface area contributed by atoms with Crippen LogP contribution in [0.4, 0.5) is 5.82 Å². The van der Waals surface area contributed by atoms with Gasteiger partial charge in [-0.15, -0.1) is 0 Å². The third kappa shape index (κ3) is 3.43. The summed E-state index contributed by atoms with van der Waals surface area (Å²) < 4.78 is 26.2. The van der Waals surface area contributed by atoms with Crippen molar-refractivity contribution in [1.82, 2.24) is 9.29 Å². The highest BCUT2D eigenvalue weighted by Gasteiger charge is 2.22. The Bertz CT molecular complexity index is 457. The van der Waals surface area contributed by atoms with E-state index in [1.54, 1.807) is 19.2 Å². The molecule has 0 aliphatic carbocycles. The topological polar surface area (TPSA) is 62.3 Å². The van der Waals surface area contributed by atoms with Crippen molar-refractivity contribution in [2.45, 2.75) is 31.6 Å². The van der Waals surface area contributed by atoms with Crippen LogP contribution in [0, 0.1) is 0 Å². The summed E-state index contributed by atoms with van der Waals surface area (Å²) >= 11 is 0. The normalized spacial score (nSPS) is 11.8. The molecule has 1 heterocycles. The minimum atomic E-state index is -3.41. The summed E-state index contributed by atoms with van der Waals surface area (Å²) in [5.74, 6) is 0.658. The molecule has 0 spiro atoms. The molecule has 0 saturated carbocycles. The fraction of sp³-hybridized carbons (Fsp3) is 0.583. The van der Waals surface area contributed by atoms with E-state index in [0.717, 1.165) is 12.8 Å². The second-order valence-electron chi connectivity index (χ2n) is 3.98. The maximum atomic E-state index is 12.3. The third-order valence-electron chi connectivity index (χ3n) is 2.74. The fourth-order valence-electron chi connectivity index (χ4n) is 1.61. The van der Waals surface area contributed by atoms with Crippen LogP contribution in [0.15, 0.2) is 23.2 Å². The zero-order valence-corrected chi connectivity index (χ0v) is 12.0. The van der Waals surface area contributed by atoms with Crippen molar-refractivity contribution in [3.8, 4) is 0 Å². The molecule has 1 aromatic heterocycles. The number of pyridine rings is 1. The molecule has 0 aromatic carbocycles. The lowest BCUT2D eigenvalue weighted by Crippen LogP contribution is -2.31. The van der Waals surface area contributed by atoms with Gasteiger partial charge in [-0.25, -0.2) is 13.4 Å². The molecule has 0 aliphatic heterocycles. The van der Waals surface area contributed by atoms with Crippen molar-refractivity contribution < 1.29 is 8.42 Å². The van der Waals surface area contributed by atoms with E-state index in [-0.39, 0.29) is 4.90 Å². The minimum Gasteiger partial charge on any atom is -0.373 e. The molecule has 0 amide bonds. The molecule has 0 aliphatic rings. The van der Waals surface area contributed by atoms with Gasteiger partial charge in [-0.2, -0.15) is 4.31 Å². The van der Waals surface area contributed by atoms with Crippen molar-refractivity contribution in [2.75, 3.05) is 25.5 Å². The average Bonchev–Trinajstić information content (AvgIpc) is 2.39. The van der Waals surface area contributed by atoms with Gasteiger partial charge >= 0.3 is 0 Å². The van der Waals surface area contributed by atoms with Crippen LogP contribution in [-0.2, 0) is 10.0 Å². The number of sulfonamides is 1. The van der Waals surface area contributed by atoms with Gasteiger partial charge in [0.25, 0.3) is 0 Å². The standard InChI is InChI=1S/C12H21N3O2S/c1-4-6-9-15(5-2)18(16,17)11-7-8-12(13-3)14-10-11/h7-8,10H,4-6,9H2,1-3H3,(H,13,14). The maximum Gasteiger partial charge on any atom is 0.244 e. The van der Waals surface area contributed by atoms with Crippen molar-refractivity contribution in [3.63, 3.8) is 0 Å². The van der Waals surface area contributed by atoms with Crippen molar-refractivity contribution in [2.24, 2.45) is 0 Å². The van der Waals surface area contributed by atoms with E-state index in [9.17, 15) is 8.42 Å². The van der Waals surface area contributed by atoms with Crippen LogP contribution >= 0.6 is 0 Å². The fourth-order valence-corrected chi connectivity index (χ4v) is 3.05. The van der Waals surface area contributed by atoms with Crippen LogP contribution in [0.25, 0.3) is 0 Å². The highest BCUT2D eigenvalue weighted by Crippen LogP contribution is 2.16. The lowest BCUT2D eigenvalue weighted by molar-refractivity contribution is 0.418. The van der Waals surface area contributed by atoms with Crippen LogP contribution in [0.1, 0.15) is 26.7 Å². The minimum absolute atomic E-state index is 0.249. The molecule has 0 radical (unpaired) electrons. The summed E-state index contributed by atoms with van der Waals surface area (Å²) in [5.41, 5.74) is 0. The summed E-state index contributed by atoms with van der Waals surface area (Å²) in [7, 11) is -1.66. The molecule has 1 N–H and O–H groups in total. The zero-order valence-electron chi connectivity index (χ0n) is 11.2. The maximum absolute atomic E-state index is 12.3. The van der Waals surface area contributed by atoms with E-state index in [1.807, 2.05) is 13.8 Å². The number of hydrogen-bond acceptors (Lipinski definition) is 4. The SMILES string of the molecule is CCCCN(CC)S(=O)(=O)c1ccc(NC)nc1. The molecule has 1 aromatic rings. The number of hydrogen-bond donors (Lipinski definition) is 1. The van der Waals surface area contributed by atoms with Gasteiger partial charge in [0.15, 0.2) is 0 Å². The number of unbranched alkanes of at least 4 members (excludes halogenated alkanes) is 1. The Labute approximate surface area is 109 Å². The number of nitrogens with one attached hydrogen (secondary N) is 1. The second-order valence-corrected chi connectivity index (χ2v) is 5.92. The predicted octanol–water partition coefficient (Wildman–Crippen LogP) is 1.93. The smallest absolute Gasteiger partial charge is 0.244 e. The molecule has 0 unspecified atom stereocenters. The lowest BCUT2D eigenvalue weighted by atomic mass is 10.3. The van der Waals surface area contributed by atoms with Gasteiger partial charge in [-0.05, 0) is 18.6 Å². The Hall–Kier alpha value is -1.14. The first-order valence-corrected chi connectivity index (χ1v) is 7.64. The van der Waals surface area contributed by atoms with Gasteiger partial charge in [0.1, 0.15) is 10.7 Å². The van der Waals surface area contributed by atoms with Gasteiger partial charge in [0.2, 0.25) is 10.0 Å². The Kier molecular flexibility index (Phi) is 5.55. The van der Waals surface area contributed by atoms with Gasteiger partial charge in [0, 0.05) is 26.3 Å². The second kappa shape index (κ2) is 6.70. The predicted molar refractivity (Wildman–Crippen MR) is 73.1 cm³/mol. The van der Waals surface area contributed by atoms with Gasteiger partial charge in [-0.3, -0.25) is 0 Å². The van der Waals surface area contributed by atoms with E-state index >= 15 is 0 Å². The Balaban J connectivity index is 2.95. The van der Waals surface area contributed by atoms with E-state index < -0.39 is 10.0 Å². The summed E-state index contributed by atoms with van der Waals surface area (Å²) in [5, 5.41) is 2.86. The van der Waals surface area contributed by atoms with Gasteiger partial charge < -0.3 is 5.32 Å². The van der Waals surface area contributed by atoms with Crippen molar-refractivity contribution >= 4 is 15.8 Å². The average molecular weight is 271 g/mol. The lowest BCUT2D eigenvalue weighted by Gasteiger charge is -2.20. The van der Waals surface area contributed by atoms with E-state index in [2.05, 4.69) is 10.3 Å². The zero-order chi connectivity index (χ0) is 13.6. The van der Waals surface area contributed by atoms with Crippen LogP contribution in [-0.4, -0.2) is 37.8 Å². The summed E-state index contributed by atoms with van der Waals surface area (Å²) in [6, 6.07) is 3.25. The molecule has 0 bridgehead atoms. The summed E-state index contributed by atoms with van der Waals surface area (Å²) in [6.07, 6.45) is 3.24. The quantitative estimate of drug-likeness (QED) is 0.823. The van der Waals surface area contributed by atoms with E-state index in [1.165, 1.54) is 10.5 Å². The first-order chi connectivity index (χ1) is 8.56. The monoisotopic (exact) mass is 271 g/mol. The largest absolute Gasteiger partial charge is 0.373 e. The van der Waals surface area contributed by atoms with E-state index in [0.29, 0.717) is 18.9 Å². The number of rotatable bonds is 7. The molecule has 102 valence electrons. The van der Waals surface area contributed by atoms with Crippen LogP contribution in [0.2, 0.25) is 0 Å². The summed E-state index contributed by atoms with van der Waals surface area (Å²) in [6.45, 7) is 4.94. The van der Waals surface area contributed by atoms with Gasteiger partial charge in [0.05, 0.1) is 0 Å². The highest BCUT2D eigenvalue weighted by atomic mass is 32.2. The molecular weight excluding hydrogens is 250 g/mol. The number of anilines is 1.